The van der Waals surface area contributed by atoms with Gasteiger partial charge in [-0.3, -0.25) is 9.97 Å². The normalized spacial score (nSPS) is 15.4. The van der Waals surface area contributed by atoms with Crippen LogP contribution in [0.15, 0.2) is 194 Å². The summed E-state index contributed by atoms with van der Waals surface area (Å²) in [5, 5.41) is 0. The molecule has 2 aliphatic carbocycles. The summed E-state index contributed by atoms with van der Waals surface area (Å²) < 4.78 is 0. The number of aromatic nitrogens is 2. The largest absolute Gasteiger partial charge is 0.251 e. The van der Waals surface area contributed by atoms with Crippen molar-refractivity contribution in [3.05, 3.63) is 250 Å². The molecule has 6 aromatic carbocycles. The lowest BCUT2D eigenvalue weighted by molar-refractivity contribution is 0.528. The first-order valence-electron chi connectivity index (χ1n) is 18.5. The zero-order chi connectivity index (χ0) is 35.6. The van der Waals surface area contributed by atoms with Gasteiger partial charge in [0.05, 0.1) is 28.2 Å². The molecular formula is C51H38N2. The maximum absolute atomic E-state index is 5.62. The third-order valence-corrected chi connectivity index (χ3v) is 11.9. The minimum absolute atomic E-state index is 0.187. The van der Waals surface area contributed by atoms with Gasteiger partial charge in [0.15, 0.2) is 0 Å². The minimum atomic E-state index is -0.842. The second-order valence-electron chi connectivity index (χ2n) is 14.9. The smallest absolute Gasteiger partial charge is 0.105 e. The summed E-state index contributed by atoms with van der Waals surface area (Å²) in [4.78, 5) is 11.2. The van der Waals surface area contributed by atoms with Gasteiger partial charge in [-0.15, -0.1) is 0 Å². The van der Waals surface area contributed by atoms with Crippen molar-refractivity contribution >= 4 is 0 Å². The van der Waals surface area contributed by atoms with Gasteiger partial charge in [-0.2, -0.15) is 0 Å². The number of benzene rings is 6. The van der Waals surface area contributed by atoms with Crippen molar-refractivity contribution in [2.75, 3.05) is 0 Å². The third kappa shape index (κ3) is 4.33. The fourth-order valence-corrected chi connectivity index (χ4v) is 9.65. The summed E-state index contributed by atoms with van der Waals surface area (Å²) in [6.07, 6.45) is 0. The molecule has 2 nitrogen and oxygen atoms in total. The second kappa shape index (κ2) is 11.8. The monoisotopic (exact) mass is 678 g/mol. The SMILES string of the molecule is CC1(C)c2ccccc2C2(c3ccccc31)c1ccccc1C(c1cccc(-c3ccccc3)n1)(c1cccc(-c3ccccc3)n1)c1ccccc12. The van der Waals surface area contributed by atoms with Crippen LogP contribution in [0, 0.1) is 0 Å². The molecule has 0 radical (unpaired) electrons. The quantitative estimate of drug-likeness (QED) is 0.185. The summed E-state index contributed by atoms with van der Waals surface area (Å²) >= 11 is 0. The van der Waals surface area contributed by atoms with Crippen LogP contribution < -0.4 is 0 Å². The van der Waals surface area contributed by atoms with Crippen molar-refractivity contribution in [1.29, 1.82) is 0 Å². The average Bonchev–Trinajstić information content (AvgIpc) is 3.23. The Hall–Kier alpha value is -6.38. The highest BCUT2D eigenvalue weighted by molar-refractivity contribution is 5.79. The predicted molar refractivity (Wildman–Crippen MR) is 215 cm³/mol. The molecule has 10 rings (SSSR count). The number of pyridine rings is 2. The van der Waals surface area contributed by atoms with Gasteiger partial charge in [-0.1, -0.05) is 184 Å². The van der Waals surface area contributed by atoms with Gasteiger partial charge < -0.3 is 0 Å². The lowest BCUT2D eigenvalue weighted by atomic mass is 9.47. The molecule has 0 aliphatic heterocycles. The first-order valence-corrected chi connectivity index (χ1v) is 18.5. The lowest BCUT2D eigenvalue weighted by Crippen LogP contribution is -2.49. The molecule has 0 amide bonds. The molecule has 0 saturated heterocycles. The highest BCUT2D eigenvalue weighted by atomic mass is 14.8. The van der Waals surface area contributed by atoms with Crippen molar-refractivity contribution in [2.45, 2.75) is 30.1 Å². The zero-order valence-corrected chi connectivity index (χ0v) is 29.9. The second-order valence-corrected chi connectivity index (χ2v) is 14.9. The molecule has 0 fully saturated rings. The Bertz CT molecular complexity index is 2470. The molecule has 0 unspecified atom stereocenters. The number of fused-ring (bicyclic) bond motifs is 8. The van der Waals surface area contributed by atoms with Gasteiger partial charge in [0, 0.05) is 16.5 Å². The number of hydrogen-bond acceptors (Lipinski definition) is 2. The molecule has 2 heterocycles. The minimum Gasteiger partial charge on any atom is -0.251 e. The van der Waals surface area contributed by atoms with Crippen molar-refractivity contribution in [2.24, 2.45) is 0 Å². The summed E-state index contributed by atoms with van der Waals surface area (Å²) in [5.41, 5.74) is 14.6. The fourth-order valence-electron chi connectivity index (χ4n) is 9.65. The Morgan fingerprint density at radius 2 is 0.585 bits per heavy atom. The van der Waals surface area contributed by atoms with Crippen LogP contribution in [0.3, 0.4) is 0 Å². The third-order valence-electron chi connectivity index (χ3n) is 11.9. The maximum atomic E-state index is 5.62. The number of nitrogens with zero attached hydrogens (tertiary/aromatic N) is 2. The Kier molecular flexibility index (Phi) is 7.00. The number of rotatable bonds is 4. The van der Waals surface area contributed by atoms with E-state index in [0.717, 1.165) is 33.9 Å². The molecule has 2 heteroatoms. The molecule has 2 aliphatic rings. The van der Waals surface area contributed by atoms with Crippen molar-refractivity contribution < 1.29 is 0 Å². The van der Waals surface area contributed by atoms with Crippen LogP contribution in [0.4, 0.5) is 0 Å². The Morgan fingerprint density at radius 3 is 0.962 bits per heavy atom. The van der Waals surface area contributed by atoms with Crippen LogP contribution in [0.2, 0.25) is 0 Å². The van der Waals surface area contributed by atoms with E-state index in [1.165, 1.54) is 44.5 Å². The molecular weight excluding hydrogens is 641 g/mol. The molecule has 8 aromatic rings. The van der Waals surface area contributed by atoms with E-state index in [-0.39, 0.29) is 5.41 Å². The Morgan fingerprint density at radius 1 is 0.283 bits per heavy atom. The van der Waals surface area contributed by atoms with Crippen LogP contribution in [-0.2, 0) is 16.2 Å². The highest BCUT2D eigenvalue weighted by Crippen LogP contribution is 2.63. The summed E-state index contributed by atoms with van der Waals surface area (Å²) in [6.45, 7) is 4.75. The van der Waals surface area contributed by atoms with Crippen molar-refractivity contribution in [3.63, 3.8) is 0 Å². The van der Waals surface area contributed by atoms with Gasteiger partial charge >= 0.3 is 0 Å². The van der Waals surface area contributed by atoms with E-state index in [0.29, 0.717) is 0 Å². The van der Waals surface area contributed by atoms with E-state index < -0.39 is 10.8 Å². The van der Waals surface area contributed by atoms with Crippen molar-refractivity contribution in [3.8, 4) is 22.5 Å². The van der Waals surface area contributed by atoms with Crippen LogP contribution >= 0.6 is 0 Å². The van der Waals surface area contributed by atoms with Crippen LogP contribution in [0.25, 0.3) is 22.5 Å². The predicted octanol–water partition coefficient (Wildman–Crippen LogP) is 11.5. The highest BCUT2D eigenvalue weighted by Gasteiger charge is 2.58. The fraction of sp³-hybridized carbons (Fsp3) is 0.0980. The van der Waals surface area contributed by atoms with Crippen LogP contribution in [0.5, 0.6) is 0 Å². The topological polar surface area (TPSA) is 25.8 Å². The summed E-state index contributed by atoms with van der Waals surface area (Å²) in [7, 11) is 0. The van der Waals surface area contributed by atoms with E-state index in [2.05, 4.69) is 208 Å². The molecule has 0 bridgehead atoms. The molecule has 252 valence electrons. The summed E-state index contributed by atoms with van der Waals surface area (Å²) in [6, 6.07) is 70.5. The molecule has 1 spiro atoms. The molecule has 0 saturated carbocycles. The van der Waals surface area contributed by atoms with Gasteiger partial charge in [0.1, 0.15) is 5.41 Å². The van der Waals surface area contributed by atoms with Gasteiger partial charge in [-0.05, 0) is 68.8 Å². The van der Waals surface area contributed by atoms with E-state index in [4.69, 9.17) is 9.97 Å². The first kappa shape index (κ1) is 31.4. The Balaban J connectivity index is 1.38. The molecule has 2 aromatic heterocycles. The zero-order valence-electron chi connectivity index (χ0n) is 29.9. The van der Waals surface area contributed by atoms with Crippen molar-refractivity contribution in [1.82, 2.24) is 9.97 Å². The van der Waals surface area contributed by atoms with Gasteiger partial charge in [-0.25, -0.2) is 0 Å². The van der Waals surface area contributed by atoms with E-state index in [1.54, 1.807) is 0 Å². The van der Waals surface area contributed by atoms with E-state index in [1.807, 2.05) is 0 Å². The lowest BCUT2D eigenvalue weighted by Gasteiger charge is -2.54. The molecule has 0 atom stereocenters. The molecule has 53 heavy (non-hydrogen) atoms. The Labute approximate surface area is 311 Å². The van der Waals surface area contributed by atoms with E-state index >= 15 is 0 Å². The maximum Gasteiger partial charge on any atom is 0.105 e. The first-order chi connectivity index (χ1) is 26.1. The van der Waals surface area contributed by atoms with Crippen LogP contribution in [-0.4, -0.2) is 9.97 Å². The average molecular weight is 679 g/mol. The van der Waals surface area contributed by atoms with Gasteiger partial charge in [0.25, 0.3) is 0 Å². The summed E-state index contributed by atoms with van der Waals surface area (Å²) in [5.74, 6) is 0. The molecule has 0 N–H and O–H groups in total. The van der Waals surface area contributed by atoms with Crippen LogP contribution in [0.1, 0.15) is 69.7 Å². The number of hydrogen-bond donors (Lipinski definition) is 0. The standard InChI is InChI=1S/C51H38N2/c1-49(2)37-23-9-11-25-39(37)50(40-26-12-10-24-38(40)49)41-27-13-15-29-43(41)51(44-30-16-14-28-42(44)50,47-33-17-31-45(52-47)35-19-5-3-6-20-35)48-34-18-32-46(53-48)36-21-7-4-8-22-36/h3-34H,1-2H3. The van der Waals surface area contributed by atoms with E-state index in [9.17, 15) is 0 Å². The van der Waals surface area contributed by atoms with Gasteiger partial charge in [0.2, 0.25) is 0 Å².